The number of aliphatic imine (C=N–C) groups is 1. The molecule has 1 saturated carbocycles. The summed E-state index contributed by atoms with van der Waals surface area (Å²) >= 11 is 0. The third-order valence-corrected chi connectivity index (χ3v) is 4.63. The Balaban J connectivity index is 1.81. The molecule has 0 aromatic carbocycles. The van der Waals surface area contributed by atoms with Gasteiger partial charge in [-0.15, -0.1) is 0 Å². The van der Waals surface area contributed by atoms with Crippen LogP contribution in [0, 0.1) is 0 Å². The lowest BCUT2D eigenvalue weighted by Gasteiger charge is -2.38. The summed E-state index contributed by atoms with van der Waals surface area (Å²) in [4.78, 5) is 20.9. The highest BCUT2D eigenvalue weighted by Gasteiger charge is 2.34. The van der Waals surface area contributed by atoms with Crippen LogP contribution in [0.15, 0.2) is 4.99 Å². The van der Waals surface area contributed by atoms with Gasteiger partial charge in [-0.3, -0.25) is 14.7 Å². The zero-order valence-corrected chi connectivity index (χ0v) is 15.3. The monoisotopic (exact) mass is 339 g/mol. The number of rotatable bonds is 6. The van der Waals surface area contributed by atoms with Crippen LogP contribution in [0.5, 0.6) is 0 Å². The fraction of sp³-hybridized carbons (Fsp3) is 0.882. The van der Waals surface area contributed by atoms with E-state index in [1.807, 2.05) is 13.8 Å². The molecule has 1 aliphatic carbocycles. The maximum atomic E-state index is 11.9. The molecule has 1 aliphatic heterocycles. The van der Waals surface area contributed by atoms with E-state index in [0.717, 1.165) is 57.9 Å². The first-order valence-corrected chi connectivity index (χ1v) is 9.19. The van der Waals surface area contributed by atoms with Crippen molar-refractivity contribution in [2.45, 2.75) is 51.7 Å². The normalized spacial score (nSPS) is 21.5. The largest absolute Gasteiger partial charge is 0.388 e. The van der Waals surface area contributed by atoms with E-state index in [2.05, 4.69) is 32.3 Å². The van der Waals surface area contributed by atoms with Crippen LogP contribution in [0.25, 0.3) is 0 Å². The predicted molar refractivity (Wildman–Crippen MR) is 96.1 cm³/mol. The van der Waals surface area contributed by atoms with E-state index >= 15 is 0 Å². The van der Waals surface area contributed by atoms with Crippen molar-refractivity contribution in [1.29, 1.82) is 0 Å². The number of nitrogens with zero attached hydrogens (tertiary/aromatic N) is 3. The van der Waals surface area contributed by atoms with E-state index < -0.39 is 5.60 Å². The SMILES string of the molecule is CCNC(=NCC1(O)CCC1)N1CCN(CC(=O)NC(C)C)CC1. The minimum atomic E-state index is -0.586. The van der Waals surface area contributed by atoms with Crippen LogP contribution in [0.2, 0.25) is 0 Å². The highest BCUT2D eigenvalue weighted by atomic mass is 16.3. The fourth-order valence-electron chi connectivity index (χ4n) is 3.08. The van der Waals surface area contributed by atoms with Gasteiger partial charge in [-0.2, -0.15) is 0 Å². The molecule has 7 nitrogen and oxygen atoms in total. The summed E-state index contributed by atoms with van der Waals surface area (Å²) in [6.07, 6.45) is 2.81. The van der Waals surface area contributed by atoms with Gasteiger partial charge >= 0.3 is 0 Å². The number of carbonyl (C=O) groups excluding carboxylic acids is 1. The summed E-state index contributed by atoms with van der Waals surface area (Å²) < 4.78 is 0. The molecule has 0 spiro atoms. The summed E-state index contributed by atoms with van der Waals surface area (Å²) in [5.41, 5.74) is -0.586. The number of nitrogens with one attached hydrogen (secondary N) is 2. The quantitative estimate of drug-likeness (QED) is 0.469. The maximum absolute atomic E-state index is 11.9. The van der Waals surface area contributed by atoms with Crippen LogP contribution in [0.4, 0.5) is 0 Å². The summed E-state index contributed by atoms with van der Waals surface area (Å²) in [5.74, 6) is 0.968. The zero-order chi connectivity index (χ0) is 17.6. The Bertz CT molecular complexity index is 440. The first-order valence-electron chi connectivity index (χ1n) is 9.19. The summed E-state index contributed by atoms with van der Waals surface area (Å²) in [5, 5.41) is 16.5. The third kappa shape index (κ3) is 5.63. The van der Waals surface area contributed by atoms with Crippen molar-refractivity contribution in [3.63, 3.8) is 0 Å². The molecule has 1 heterocycles. The summed E-state index contributed by atoms with van der Waals surface area (Å²) in [6, 6.07) is 0.184. The average Bonchev–Trinajstić information content (AvgIpc) is 2.49. The molecular formula is C17H33N5O2. The topological polar surface area (TPSA) is 80.2 Å². The van der Waals surface area contributed by atoms with Crippen molar-refractivity contribution in [2.24, 2.45) is 4.99 Å². The Morgan fingerprint density at radius 3 is 2.42 bits per heavy atom. The Hall–Kier alpha value is -1.34. The van der Waals surface area contributed by atoms with Gasteiger partial charge < -0.3 is 20.6 Å². The molecule has 0 unspecified atom stereocenters. The molecule has 7 heteroatoms. The predicted octanol–water partition coefficient (Wildman–Crippen LogP) is 0.00910. The molecule has 24 heavy (non-hydrogen) atoms. The van der Waals surface area contributed by atoms with Crippen LogP contribution in [-0.4, -0.2) is 84.2 Å². The highest BCUT2D eigenvalue weighted by molar-refractivity contribution is 5.80. The first-order chi connectivity index (χ1) is 11.4. The fourth-order valence-corrected chi connectivity index (χ4v) is 3.08. The van der Waals surface area contributed by atoms with Crippen LogP contribution >= 0.6 is 0 Å². The maximum Gasteiger partial charge on any atom is 0.234 e. The number of carbonyl (C=O) groups is 1. The van der Waals surface area contributed by atoms with Gasteiger partial charge in [0, 0.05) is 38.8 Å². The number of amides is 1. The van der Waals surface area contributed by atoms with Gasteiger partial charge in [0.2, 0.25) is 5.91 Å². The molecule has 3 N–H and O–H groups in total. The minimum absolute atomic E-state index is 0.0891. The lowest BCUT2D eigenvalue weighted by Crippen LogP contribution is -2.54. The second-order valence-corrected chi connectivity index (χ2v) is 7.23. The van der Waals surface area contributed by atoms with E-state index in [1.165, 1.54) is 0 Å². The van der Waals surface area contributed by atoms with E-state index in [-0.39, 0.29) is 11.9 Å². The number of piperazine rings is 1. The van der Waals surface area contributed by atoms with E-state index in [9.17, 15) is 9.90 Å². The zero-order valence-electron chi connectivity index (χ0n) is 15.3. The molecule has 0 radical (unpaired) electrons. The van der Waals surface area contributed by atoms with E-state index in [4.69, 9.17) is 0 Å². The van der Waals surface area contributed by atoms with Gasteiger partial charge in [-0.1, -0.05) is 0 Å². The molecule has 2 fully saturated rings. The number of hydrogen-bond donors (Lipinski definition) is 3. The van der Waals surface area contributed by atoms with Gasteiger partial charge in [0.25, 0.3) is 0 Å². The highest BCUT2D eigenvalue weighted by Crippen LogP contribution is 2.31. The van der Waals surface area contributed by atoms with Crippen LogP contribution in [-0.2, 0) is 4.79 Å². The van der Waals surface area contributed by atoms with Crippen LogP contribution < -0.4 is 10.6 Å². The Labute approximate surface area is 145 Å². The Morgan fingerprint density at radius 2 is 1.92 bits per heavy atom. The van der Waals surface area contributed by atoms with Crippen molar-refractivity contribution in [1.82, 2.24) is 20.4 Å². The van der Waals surface area contributed by atoms with Crippen molar-refractivity contribution < 1.29 is 9.90 Å². The standard InChI is InChI=1S/C17H33N5O2/c1-4-18-16(19-13-17(24)6-5-7-17)22-10-8-21(9-11-22)12-15(23)20-14(2)3/h14,24H,4-13H2,1-3H3,(H,18,19)(H,20,23). The smallest absolute Gasteiger partial charge is 0.234 e. The average molecular weight is 339 g/mol. The van der Waals surface area contributed by atoms with E-state index in [0.29, 0.717) is 13.1 Å². The second-order valence-electron chi connectivity index (χ2n) is 7.23. The van der Waals surface area contributed by atoms with Crippen molar-refractivity contribution in [2.75, 3.05) is 45.8 Å². The Kier molecular flexibility index (Phi) is 6.86. The molecule has 1 amide bonds. The molecule has 2 aliphatic rings. The lowest BCUT2D eigenvalue weighted by atomic mass is 9.80. The van der Waals surface area contributed by atoms with Crippen molar-refractivity contribution in [3.8, 4) is 0 Å². The lowest BCUT2D eigenvalue weighted by molar-refractivity contribution is -0.123. The summed E-state index contributed by atoms with van der Waals surface area (Å²) in [7, 11) is 0. The second kappa shape index (κ2) is 8.67. The number of guanidine groups is 1. The third-order valence-electron chi connectivity index (χ3n) is 4.63. The molecule has 138 valence electrons. The number of aliphatic hydroxyl groups is 1. The van der Waals surface area contributed by atoms with Crippen LogP contribution in [0.3, 0.4) is 0 Å². The van der Waals surface area contributed by atoms with Gasteiger partial charge in [-0.05, 0) is 40.0 Å². The molecule has 0 aromatic rings. The Morgan fingerprint density at radius 1 is 1.25 bits per heavy atom. The minimum Gasteiger partial charge on any atom is -0.388 e. The molecule has 2 rings (SSSR count). The first kappa shape index (κ1) is 19.0. The molecule has 0 bridgehead atoms. The van der Waals surface area contributed by atoms with Crippen LogP contribution in [0.1, 0.15) is 40.0 Å². The van der Waals surface area contributed by atoms with Gasteiger partial charge in [0.1, 0.15) is 0 Å². The van der Waals surface area contributed by atoms with Crippen molar-refractivity contribution >= 4 is 11.9 Å². The van der Waals surface area contributed by atoms with E-state index in [1.54, 1.807) is 0 Å². The number of hydrogen-bond acceptors (Lipinski definition) is 4. The van der Waals surface area contributed by atoms with Gasteiger partial charge in [0.05, 0.1) is 18.7 Å². The molecular weight excluding hydrogens is 306 g/mol. The summed E-state index contributed by atoms with van der Waals surface area (Å²) in [6.45, 7) is 11.1. The molecule has 1 saturated heterocycles. The molecule has 0 aromatic heterocycles. The van der Waals surface area contributed by atoms with Crippen molar-refractivity contribution in [3.05, 3.63) is 0 Å². The van der Waals surface area contributed by atoms with Gasteiger partial charge in [0.15, 0.2) is 5.96 Å². The molecule has 0 atom stereocenters. The van der Waals surface area contributed by atoms with Gasteiger partial charge in [-0.25, -0.2) is 0 Å².